The highest BCUT2D eigenvalue weighted by Gasteiger charge is 2.10. The summed E-state index contributed by atoms with van der Waals surface area (Å²) in [5.41, 5.74) is 1.46. The van der Waals surface area contributed by atoms with E-state index in [0.29, 0.717) is 22.8 Å². The minimum absolute atomic E-state index is 0.187. The molecule has 0 aliphatic carbocycles. The fourth-order valence-corrected chi connectivity index (χ4v) is 4.33. The van der Waals surface area contributed by atoms with Crippen LogP contribution in [0.15, 0.2) is 41.5 Å². The van der Waals surface area contributed by atoms with Gasteiger partial charge in [0, 0.05) is 14.7 Å². The molecule has 0 fully saturated rings. The SMILES string of the molecule is CCOc1ccc(-c2n[nH]c(=S)n2/N=C\c2cc(I)cc(I)c2O)cc1. The lowest BCUT2D eigenvalue weighted by molar-refractivity contribution is 0.340. The van der Waals surface area contributed by atoms with Gasteiger partial charge in [-0.3, -0.25) is 0 Å². The van der Waals surface area contributed by atoms with Gasteiger partial charge in [-0.1, -0.05) is 0 Å². The number of hydrogen-bond acceptors (Lipinski definition) is 5. The number of aromatic hydroxyl groups is 1. The largest absolute Gasteiger partial charge is 0.506 e. The van der Waals surface area contributed by atoms with Crippen LogP contribution in [0.1, 0.15) is 12.5 Å². The minimum Gasteiger partial charge on any atom is -0.506 e. The lowest BCUT2D eigenvalue weighted by atomic mass is 10.2. The number of phenols is 1. The highest BCUT2D eigenvalue weighted by Crippen LogP contribution is 2.26. The van der Waals surface area contributed by atoms with E-state index in [1.807, 2.05) is 43.3 Å². The van der Waals surface area contributed by atoms with E-state index in [9.17, 15) is 5.11 Å². The van der Waals surface area contributed by atoms with Crippen molar-refractivity contribution in [2.75, 3.05) is 6.61 Å². The summed E-state index contributed by atoms with van der Waals surface area (Å²) in [6, 6.07) is 11.3. The van der Waals surface area contributed by atoms with Crippen molar-refractivity contribution < 1.29 is 9.84 Å². The Bertz CT molecular complexity index is 1010. The van der Waals surface area contributed by atoms with Crippen molar-refractivity contribution in [1.29, 1.82) is 0 Å². The second-order valence-electron chi connectivity index (χ2n) is 5.19. The summed E-state index contributed by atoms with van der Waals surface area (Å²) >= 11 is 9.57. The van der Waals surface area contributed by atoms with Gasteiger partial charge in [-0.2, -0.15) is 14.9 Å². The molecular formula is C17H14I2N4O2S. The van der Waals surface area contributed by atoms with Crippen LogP contribution in [0, 0.1) is 11.9 Å². The van der Waals surface area contributed by atoms with Gasteiger partial charge in [0.05, 0.1) is 16.4 Å². The Labute approximate surface area is 182 Å². The van der Waals surface area contributed by atoms with Crippen molar-refractivity contribution in [3.8, 4) is 22.9 Å². The summed E-state index contributed by atoms with van der Waals surface area (Å²) in [7, 11) is 0. The molecule has 134 valence electrons. The number of benzene rings is 2. The molecule has 9 heteroatoms. The number of aromatic nitrogens is 3. The van der Waals surface area contributed by atoms with Crippen LogP contribution in [-0.4, -0.2) is 32.8 Å². The van der Waals surface area contributed by atoms with E-state index in [4.69, 9.17) is 17.0 Å². The van der Waals surface area contributed by atoms with Crippen LogP contribution in [0.5, 0.6) is 11.5 Å². The molecule has 3 aromatic rings. The summed E-state index contributed by atoms with van der Waals surface area (Å²) in [6.45, 7) is 2.55. The van der Waals surface area contributed by atoms with Gasteiger partial charge in [-0.05, 0) is 101 Å². The van der Waals surface area contributed by atoms with E-state index in [2.05, 4.69) is 60.5 Å². The van der Waals surface area contributed by atoms with Gasteiger partial charge < -0.3 is 9.84 Å². The molecule has 0 bridgehead atoms. The topological polar surface area (TPSA) is 75.4 Å². The Balaban J connectivity index is 1.97. The minimum atomic E-state index is 0.187. The molecule has 0 saturated carbocycles. The highest BCUT2D eigenvalue weighted by molar-refractivity contribution is 14.1. The van der Waals surface area contributed by atoms with Crippen molar-refractivity contribution >= 4 is 63.6 Å². The Kier molecular flexibility index (Phi) is 6.29. The molecule has 1 heterocycles. The first-order chi connectivity index (χ1) is 12.5. The number of nitrogens with zero attached hydrogens (tertiary/aromatic N) is 3. The van der Waals surface area contributed by atoms with E-state index in [0.717, 1.165) is 18.5 Å². The maximum atomic E-state index is 10.2. The maximum Gasteiger partial charge on any atom is 0.216 e. The number of ether oxygens (including phenoxy) is 1. The maximum absolute atomic E-state index is 10.2. The van der Waals surface area contributed by atoms with Crippen LogP contribution in [0.2, 0.25) is 0 Å². The molecular weight excluding hydrogens is 578 g/mol. The molecule has 2 aromatic carbocycles. The molecule has 0 aliphatic heterocycles. The lowest BCUT2D eigenvalue weighted by Gasteiger charge is -2.05. The first-order valence-corrected chi connectivity index (χ1v) is 10.2. The van der Waals surface area contributed by atoms with Gasteiger partial charge in [0.2, 0.25) is 4.77 Å². The third-order valence-electron chi connectivity index (χ3n) is 3.44. The second kappa shape index (κ2) is 8.48. The van der Waals surface area contributed by atoms with Gasteiger partial charge in [-0.25, -0.2) is 5.10 Å². The molecule has 1 aromatic heterocycles. The second-order valence-corrected chi connectivity index (χ2v) is 7.99. The fourth-order valence-electron chi connectivity index (χ4n) is 2.26. The van der Waals surface area contributed by atoms with E-state index in [1.54, 1.807) is 6.21 Å². The Morgan fingerprint density at radius 1 is 1.31 bits per heavy atom. The summed E-state index contributed by atoms with van der Waals surface area (Å²) in [5, 5.41) is 21.6. The van der Waals surface area contributed by atoms with Crippen molar-refractivity contribution in [2.24, 2.45) is 5.10 Å². The molecule has 0 atom stereocenters. The van der Waals surface area contributed by atoms with Gasteiger partial charge in [-0.15, -0.1) is 0 Å². The van der Waals surface area contributed by atoms with Crippen LogP contribution < -0.4 is 4.74 Å². The molecule has 0 spiro atoms. The van der Waals surface area contributed by atoms with Crippen LogP contribution in [0.4, 0.5) is 0 Å². The molecule has 0 saturated heterocycles. The summed E-state index contributed by atoms with van der Waals surface area (Å²) < 4.78 is 9.12. The molecule has 0 unspecified atom stereocenters. The van der Waals surface area contributed by atoms with E-state index in [-0.39, 0.29) is 5.75 Å². The Hall–Kier alpha value is -1.47. The standard InChI is InChI=1S/C17H14I2N4O2S/c1-2-25-13-5-3-10(4-6-13)16-21-22-17(26)23(16)20-9-11-7-12(18)8-14(19)15(11)24/h3-9,24H,2H2,1H3,(H,22,26)/b20-9-. The number of nitrogens with one attached hydrogen (secondary N) is 1. The summed E-state index contributed by atoms with van der Waals surface area (Å²) in [6.07, 6.45) is 1.57. The average molecular weight is 592 g/mol. The summed E-state index contributed by atoms with van der Waals surface area (Å²) in [4.78, 5) is 0. The zero-order chi connectivity index (χ0) is 18.7. The lowest BCUT2D eigenvalue weighted by Crippen LogP contribution is -1.96. The molecule has 0 radical (unpaired) electrons. The van der Waals surface area contributed by atoms with Crippen molar-refractivity contribution in [3.63, 3.8) is 0 Å². The molecule has 0 amide bonds. The average Bonchev–Trinajstić information content (AvgIpc) is 2.98. The zero-order valence-electron chi connectivity index (χ0n) is 13.6. The number of halogens is 2. The Morgan fingerprint density at radius 3 is 2.73 bits per heavy atom. The van der Waals surface area contributed by atoms with Gasteiger partial charge >= 0.3 is 0 Å². The highest BCUT2D eigenvalue weighted by atomic mass is 127. The van der Waals surface area contributed by atoms with Crippen molar-refractivity contribution in [1.82, 2.24) is 14.9 Å². The normalized spacial score (nSPS) is 11.2. The first-order valence-electron chi connectivity index (χ1n) is 7.62. The van der Waals surface area contributed by atoms with Gasteiger partial charge in [0.1, 0.15) is 11.5 Å². The molecule has 26 heavy (non-hydrogen) atoms. The fraction of sp³-hybridized carbons (Fsp3) is 0.118. The third-order valence-corrected chi connectivity index (χ3v) is 5.15. The Morgan fingerprint density at radius 2 is 2.04 bits per heavy atom. The van der Waals surface area contributed by atoms with Crippen molar-refractivity contribution in [2.45, 2.75) is 6.92 Å². The van der Waals surface area contributed by atoms with Crippen LogP contribution in [-0.2, 0) is 0 Å². The summed E-state index contributed by atoms with van der Waals surface area (Å²) in [5.74, 6) is 1.56. The smallest absolute Gasteiger partial charge is 0.216 e. The number of aromatic amines is 1. The first kappa shape index (κ1) is 19.3. The van der Waals surface area contributed by atoms with E-state index in [1.165, 1.54) is 4.68 Å². The number of phenolic OH excluding ortho intramolecular Hbond substituents is 1. The van der Waals surface area contributed by atoms with Gasteiger partial charge in [0.25, 0.3) is 0 Å². The van der Waals surface area contributed by atoms with Gasteiger partial charge in [0.15, 0.2) is 5.82 Å². The predicted octanol–water partition coefficient (Wildman–Crippen LogP) is 4.80. The number of H-pyrrole nitrogens is 1. The number of hydrogen-bond donors (Lipinski definition) is 2. The monoisotopic (exact) mass is 592 g/mol. The van der Waals surface area contributed by atoms with E-state index < -0.39 is 0 Å². The number of rotatable bonds is 5. The molecule has 0 aliphatic rings. The molecule has 6 nitrogen and oxygen atoms in total. The van der Waals surface area contributed by atoms with Crippen LogP contribution in [0.25, 0.3) is 11.4 Å². The van der Waals surface area contributed by atoms with Crippen molar-refractivity contribution in [3.05, 3.63) is 53.9 Å². The van der Waals surface area contributed by atoms with E-state index >= 15 is 0 Å². The third kappa shape index (κ3) is 4.26. The molecule has 3 rings (SSSR count). The molecule has 2 N–H and O–H groups in total. The zero-order valence-corrected chi connectivity index (χ0v) is 18.7. The predicted molar refractivity (Wildman–Crippen MR) is 121 cm³/mol. The van der Waals surface area contributed by atoms with Crippen LogP contribution in [0.3, 0.4) is 0 Å². The van der Waals surface area contributed by atoms with Crippen LogP contribution >= 0.6 is 57.4 Å². The quantitative estimate of drug-likeness (QED) is 0.254.